The lowest BCUT2D eigenvalue weighted by Crippen LogP contribution is -2.24. The van der Waals surface area contributed by atoms with Gasteiger partial charge < -0.3 is 10.2 Å². The molecule has 0 spiro atoms. The molecule has 3 rings (SSSR count). The van der Waals surface area contributed by atoms with Gasteiger partial charge in [-0.25, -0.2) is 0 Å². The zero-order chi connectivity index (χ0) is 14.8. The SMILES string of the molecule is O=C(Nc1ccc(N2CCCC2=O)c(Cl)c1)c1ccn[nH]1. The molecule has 1 aliphatic heterocycles. The molecule has 1 fully saturated rings. The van der Waals surface area contributed by atoms with Crippen LogP contribution in [-0.2, 0) is 4.79 Å². The Kier molecular flexibility index (Phi) is 3.62. The Balaban J connectivity index is 1.78. The first-order chi connectivity index (χ1) is 10.1. The van der Waals surface area contributed by atoms with Crippen LogP contribution in [0.5, 0.6) is 0 Å². The molecule has 2 aromatic rings. The van der Waals surface area contributed by atoms with Gasteiger partial charge in [-0.05, 0) is 30.7 Å². The normalized spacial score (nSPS) is 14.5. The van der Waals surface area contributed by atoms with Gasteiger partial charge in [0, 0.05) is 24.8 Å². The van der Waals surface area contributed by atoms with E-state index in [0.717, 1.165) is 6.42 Å². The van der Waals surface area contributed by atoms with Gasteiger partial charge in [0.1, 0.15) is 5.69 Å². The summed E-state index contributed by atoms with van der Waals surface area (Å²) in [6.45, 7) is 0.679. The third-order valence-corrected chi connectivity index (χ3v) is 3.62. The molecule has 1 aliphatic rings. The maximum absolute atomic E-state index is 11.9. The molecule has 7 heteroatoms. The number of benzene rings is 1. The van der Waals surface area contributed by atoms with Crippen LogP contribution in [0.2, 0.25) is 5.02 Å². The Morgan fingerprint density at radius 1 is 1.38 bits per heavy atom. The highest BCUT2D eigenvalue weighted by molar-refractivity contribution is 6.34. The van der Waals surface area contributed by atoms with E-state index in [1.54, 1.807) is 29.2 Å². The summed E-state index contributed by atoms with van der Waals surface area (Å²) in [7, 11) is 0. The molecule has 2 amide bonds. The van der Waals surface area contributed by atoms with Gasteiger partial charge in [0.05, 0.1) is 10.7 Å². The molecule has 0 unspecified atom stereocenters. The quantitative estimate of drug-likeness (QED) is 0.914. The zero-order valence-corrected chi connectivity index (χ0v) is 11.9. The van der Waals surface area contributed by atoms with Crippen LogP contribution in [0, 0.1) is 0 Å². The minimum atomic E-state index is -0.298. The van der Waals surface area contributed by atoms with E-state index in [-0.39, 0.29) is 11.8 Å². The first-order valence-electron chi connectivity index (χ1n) is 6.56. The van der Waals surface area contributed by atoms with Crippen molar-refractivity contribution < 1.29 is 9.59 Å². The molecular weight excluding hydrogens is 292 g/mol. The lowest BCUT2D eigenvalue weighted by atomic mass is 10.2. The van der Waals surface area contributed by atoms with Crippen molar-refractivity contribution in [1.29, 1.82) is 0 Å². The highest BCUT2D eigenvalue weighted by Gasteiger charge is 2.23. The average molecular weight is 305 g/mol. The van der Waals surface area contributed by atoms with E-state index < -0.39 is 0 Å². The van der Waals surface area contributed by atoms with Crippen molar-refractivity contribution in [3.05, 3.63) is 41.2 Å². The third-order valence-electron chi connectivity index (χ3n) is 3.32. The maximum Gasteiger partial charge on any atom is 0.273 e. The van der Waals surface area contributed by atoms with Crippen LogP contribution in [0.25, 0.3) is 0 Å². The minimum absolute atomic E-state index is 0.0751. The number of hydrogen-bond donors (Lipinski definition) is 2. The van der Waals surface area contributed by atoms with Crippen LogP contribution in [-0.4, -0.2) is 28.6 Å². The fourth-order valence-electron chi connectivity index (χ4n) is 2.29. The zero-order valence-electron chi connectivity index (χ0n) is 11.1. The second-order valence-electron chi connectivity index (χ2n) is 4.74. The van der Waals surface area contributed by atoms with Gasteiger partial charge in [-0.1, -0.05) is 11.6 Å². The minimum Gasteiger partial charge on any atom is -0.321 e. The molecule has 0 radical (unpaired) electrons. The fourth-order valence-corrected chi connectivity index (χ4v) is 2.57. The molecule has 1 aromatic heterocycles. The summed E-state index contributed by atoms with van der Waals surface area (Å²) in [5, 5.41) is 9.46. The molecule has 0 aliphatic carbocycles. The van der Waals surface area contributed by atoms with Crippen LogP contribution in [0.15, 0.2) is 30.5 Å². The Labute approximate surface area is 126 Å². The van der Waals surface area contributed by atoms with Crippen molar-refractivity contribution >= 4 is 34.8 Å². The van der Waals surface area contributed by atoms with Crippen LogP contribution in [0.4, 0.5) is 11.4 Å². The van der Waals surface area contributed by atoms with Gasteiger partial charge in [0.25, 0.3) is 5.91 Å². The summed E-state index contributed by atoms with van der Waals surface area (Å²) in [6.07, 6.45) is 2.89. The van der Waals surface area contributed by atoms with E-state index in [9.17, 15) is 9.59 Å². The van der Waals surface area contributed by atoms with E-state index in [2.05, 4.69) is 15.5 Å². The molecule has 0 saturated carbocycles. The Morgan fingerprint density at radius 2 is 2.24 bits per heavy atom. The predicted octanol–water partition coefficient (Wildman–Crippen LogP) is 2.44. The molecule has 2 heterocycles. The number of nitrogens with one attached hydrogen (secondary N) is 2. The Morgan fingerprint density at radius 3 is 2.86 bits per heavy atom. The lowest BCUT2D eigenvalue weighted by molar-refractivity contribution is -0.117. The Hall–Kier alpha value is -2.34. The predicted molar refractivity (Wildman–Crippen MR) is 79.6 cm³/mol. The highest BCUT2D eigenvalue weighted by Crippen LogP contribution is 2.31. The van der Waals surface area contributed by atoms with E-state index in [1.165, 1.54) is 6.20 Å². The van der Waals surface area contributed by atoms with Crippen LogP contribution in [0.1, 0.15) is 23.3 Å². The van der Waals surface area contributed by atoms with Crippen LogP contribution in [0.3, 0.4) is 0 Å². The molecule has 21 heavy (non-hydrogen) atoms. The molecule has 0 bridgehead atoms. The van der Waals surface area contributed by atoms with E-state index in [4.69, 9.17) is 11.6 Å². The molecular formula is C14H13ClN4O2. The molecule has 108 valence electrons. The third kappa shape index (κ3) is 2.75. The van der Waals surface area contributed by atoms with Crippen LogP contribution >= 0.6 is 11.6 Å². The second kappa shape index (κ2) is 5.57. The maximum atomic E-state index is 11.9. The number of aromatic amines is 1. The topological polar surface area (TPSA) is 78.1 Å². The molecule has 1 aromatic carbocycles. The summed E-state index contributed by atoms with van der Waals surface area (Å²) in [5.74, 6) is -0.222. The van der Waals surface area contributed by atoms with Gasteiger partial charge in [0.15, 0.2) is 0 Å². The lowest BCUT2D eigenvalue weighted by Gasteiger charge is -2.18. The van der Waals surface area contributed by atoms with Crippen molar-refractivity contribution in [3.63, 3.8) is 0 Å². The van der Waals surface area contributed by atoms with Gasteiger partial charge >= 0.3 is 0 Å². The van der Waals surface area contributed by atoms with Crippen LogP contribution < -0.4 is 10.2 Å². The first kappa shape index (κ1) is 13.6. The number of H-pyrrole nitrogens is 1. The number of halogens is 1. The number of carbonyl (C=O) groups is 2. The van der Waals surface area contributed by atoms with Crippen molar-refractivity contribution in [1.82, 2.24) is 10.2 Å². The monoisotopic (exact) mass is 304 g/mol. The van der Waals surface area contributed by atoms with Crippen molar-refractivity contribution in [2.24, 2.45) is 0 Å². The van der Waals surface area contributed by atoms with E-state index in [1.807, 2.05) is 0 Å². The number of anilines is 2. The van der Waals surface area contributed by atoms with E-state index in [0.29, 0.717) is 35.1 Å². The largest absolute Gasteiger partial charge is 0.321 e. The molecule has 2 N–H and O–H groups in total. The summed E-state index contributed by atoms with van der Waals surface area (Å²) < 4.78 is 0. The molecule has 0 atom stereocenters. The summed E-state index contributed by atoms with van der Waals surface area (Å²) >= 11 is 6.22. The van der Waals surface area contributed by atoms with Crippen molar-refractivity contribution in [2.75, 3.05) is 16.8 Å². The summed E-state index contributed by atoms with van der Waals surface area (Å²) in [4.78, 5) is 25.3. The standard InChI is InChI=1S/C14H13ClN4O2/c15-10-8-9(17-14(21)11-5-6-16-18-11)3-4-12(10)19-7-1-2-13(19)20/h3-6,8H,1-2,7H2,(H,16,18)(H,17,21). The summed E-state index contributed by atoms with van der Waals surface area (Å²) in [5.41, 5.74) is 1.61. The number of amides is 2. The second-order valence-corrected chi connectivity index (χ2v) is 5.15. The fraction of sp³-hybridized carbons (Fsp3) is 0.214. The Bertz CT molecular complexity index is 684. The molecule has 1 saturated heterocycles. The molecule has 6 nitrogen and oxygen atoms in total. The van der Waals surface area contributed by atoms with Crippen molar-refractivity contribution in [2.45, 2.75) is 12.8 Å². The van der Waals surface area contributed by atoms with Gasteiger partial charge in [0.2, 0.25) is 5.91 Å². The van der Waals surface area contributed by atoms with Gasteiger partial charge in [-0.2, -0.15) is 5.10 Å². The average Bonchev–Trinajstić information content (AvgIpc) is 3.10. The number of nitrogens with zero attached hydrogens (tertiary/aromatic N) is 2. The number of rotatable bonds is 3. The highest BCUT2D eigenvalue weighted by atomic mass is 35.5. The first-order valence-corrected chi connectivity index (χ1v) is 6.93. The van der Waals surface area contributed by atoms with E-state index >= 15 is 0 Å². The van der Waals surface area contributed by atoms with Gasteiger partial charge in [-0.15, -0.1) is 0 Å². The van der Waals surface area contributed by atoms with Gasteiger partial charge in [-0.3, -0.25) is 14.7 Å². The van der Waals surface area contributed by atoms with Crippen molar-refractivity contribution in [3.8, 4) is 0 Å². The number of carbonyl (C=O) groups excluding carboxylic acids is 2. The smallest absolute Gasteiger partial charge is 0.273 e. The summed E-state index contributed by atoms with van der Waals surface area (Å²) in [6, 6.07) is 6.68. The number of aromatic nitrogens is 2. The number of hydrogen-bond acceptors (Lipinski definition) is 3.